The van der Waals surface area contributed by atoms with Gasteiger partial charge in [-0.2, -0.15) is 0 Å². The Bertz CT molecular complexity index is 252. The number of amides is 1. The molecule has 0 radical (unpaired) electrons. The second-order valence-electron chi connectivity index (χ2n) is 3.68. The maximum Gasteiger partial charge on any atom is 0.220 e. The zero-order valence-corrected chi connectivity index (χ0v) is 9.72. The average Bonchev–Trinajstić information content (AvgIpc) is 2.28. The van der Waals surface area contributed by atoms with Gasteiger partial charge in [-0.3, -0.25) is 4.79 Å². The molecule has 5 N–H and O–H groups in total. The van der Waals surface area contributed by atoms with E-state index in [1.807, 2.05) is 0 Å². The fourth-order valence-corrected chi connectivity index (χ4v) is 2.71. The first-order valence-electron chi connectivity index (χ1n) is 5.11. The third-order valence-electron chi connectivity index (χ3n) is 2.55. The van der Waals surface area contributed by atoms with Crippen molar-refractivity contribution in [2.24, 2.45) is 0 Å². The Kier molecular flexibility index (Phi) is 5.00. The highest BCUT2D eigenvalue weighted by atomic mass is 32.2. The summed E-state index contributed by atoms with van der Waals surface area (Å²) in [5.74, 6) is -0.307. The van der Waals surface area contributed by atoms with Crippen LogP contribution >= 0.6 is 11.8 Å². The predicted molar refractivity (Wildman–Crippen MR) is 58.7 cm³/mol. The highest BCUT2D eigenvalue weighted by Crippen LogP contribution is 2.31. The first-order valence-corrected chi connectivity index (χ1v) is 6.05. The van der Waals surface area contributed by atoms with Crippen molar-refractivity contribution in [1.82, 2.24) is 5.32 Å². The molecule has 0 aromatic heterocycles. The number of thioether (sulfide) groups is 1. The molecule has 1 amide bonds. The van der Waals surface area contributed by atoms with Gasteiger partial charge in [0.05, 0.1) is 24.0 Å². The maximum atomic E-state index is 11.2. The molecule has 0 aliphatic carbocycles. The summed E-state index contributed by atoms with van der Waals surface area (Å²) in [6.45, 7) is 1.31. The number of aliphatic hydroxyl groups excluding tert-OH is 4. The lowest BCUT2D eigenvalue weighted by Crippen LogP contribution is -2.60. The second-order valence-corrected chi connectivity index (χ2v) is 5.04. The minimum atomic E-state index is -1.27. The molecule has 0 bridgehead atoms. The first kappa shape index (κ1) is 13.7. The smallest absolute Gasteiger partial charge is 0.220 e. The van der Waals surface area contributed by atoms with Crippen LogP contribution in [0.15, 0.2) is 0 Å². The molecule has 1 rings (SSSR count). The summed E-state index contributed by atoms with van der Waals surface area (Å²) in [6, 6.07) is -0.907. The topological polar surface area (TPSA) is 110 Å². The molecule has 5 atom stereocenters. The van der Waals surface area contributed by atoms with Crippen LogP contribution in [0.4, 0.5) is 0 Å². The molecule has 1 heterocycles. The zero-order valence-electron chi connectivity index (χ0n) is 8.91. The Morgan fingerprint density at radius 1 is 1.31 bits per heavy atom. The van der Waals surface area contributed by atoms with Crippen molar-refractivity contribution in [2.45, 2.75) is 42.3 Å². The van der Waals surface area contributed by atoms with Crippen molar-refractivity contribution in [3.05, 3.63) is 0 Å². The molecule has 0 spiro atoms. The molecule has 0 saturated carbocycles. The van der Waals surface area contributed by atoms with E-state index < -0.39 is 28.9 Å². The Morgan fingerprint density at radius 2 is 1.94 bits per heavy atom. The van der Waals surface area contributed by atoms with Crippen LogP contribution in [0.1, 0.15) is 13.3 Å². The van der Waals surface area contributed by atoms with Gasteiger partial charge in [0.15, 0.2) is 0 Å². The van der Waals surface area contributed by atoms with Crippen molar-refractivity contribution in [2.75, 3.05) is 6.61 Å². The second kappa shape index (κ2) is 5.83. The summed E-state index contributed by atoms with van der Waals surface area (Å²) in [5, 5.41) is 39.7. The lowest BCUT2D eigenvalue weighted by molar-refractivity contribution is -0.124. The molecule has 1 aliphatic heterocycles. The number of nitrogens with one attached hydrogen (secondary N) is 1. The van der Waals surface area contributed by atoms with Crippen LogP contribution < -0.4 is 5.32 Å². The van der Waals surface area contributed by atoms with E-state index in [4.69, 9.17) is 5.11 Å². The van der Waals surface area contributed by atoms with Crippen molar-refractivity contribution >= 4 is 17.7 Å². The Balaban J connectivity index is 2.67. The normalized spacial score (nSPS) is 39.4. The number of aliphatic hydroxyl groups is 4. The monoisotopic (exact) mass is 251 g/mol. The van der Waals surface area contributed by atoms with E-state index in [9.17, 15) is 20.1 Å². The number of hydrogen-bond acceptors (Lipinski definition) is 6. The Hall–Kier alpha value is -0.340. The molecule has 6 nitrogen and oxygen atoms in total. The molecule has 2 unspecified atom stereocenters. The number of carbonyl (C=O) groups is 1. The van der Waals surface area contributed by atoms with E-state index >= 15 is 0 Å². The van der Waals surface area contributed by atoms with Crippen LogP contribution in [0.2, 0.25) is 0 Å². The number of carbonyl (C=O) groups excluding carboxylic acids is 1. The minimum Gasteiger partial charge on any atom is -0.395 e. The van der Waals surface area contributed by atoms with Gasteiger partial charge in [0.25, 0.3) is 0 Å². The third kappa shape index (κ3) is 2.86. The first-order chi connectivity index (χ1) is 7.51. The molecule has 7 heteroatoms. The molecule has 94 valence electrons. The van der Waals surface area contributed by atoms with Crippen molar-refractivity contribution in [3.63, 3.8) is 0 Å². The van der Waals surface area contributed by atoms with E-state index in [0.29, 0.717) is 0 Å². The molecule has 1 saturated heterocycles. The third-order valence-corrected chi connectivity index (χ3v) is 3.90. The zero-order chi connectivity index (χ0) is 12.3. The summed E-state index contributed by atoms with van der Waals surface area (Å²) >= 11 is 0.940. The molecule has 1 aliphatic rings. The van der Waals surface area contributed by atoms with Crippen LogP contribution in [0, 0.1) is 0 Å². The van der Waals surface area contributed by atoms with Crippen molar-refractivity contribution < 1.29 is 25.2 Å². The van der Waals surface area contributed by atoms with Gasteiger partial charge in [0.1, 0.15) is 11.5 Å². The van der Waals surface area contributed by atoms with Crippen LogP contribution in [0.25, 0.3) is 0 Å². The summed E-state index contributed by atoms with van der Waals surface area (Å²) in [5.41, 5.74) is -1.04. The highest BCUT2D eigenvalue weighted by molar-refractivity contribution is 8.00. The average molecular weight is 251 g/mol. The summed E-state index contributed by atoms with van der Waals surface area (Å²) < 4.78 is 0. The standard InChI is InChI=1S/C9H17NO5S/c1-2-5(12)10-6-8(14)7(13)4(3-11)16-9(6)15/h4,6-9,11,13-15H,2-3H2,1H3,(H,10,12)/t4?,6?,7-,8-,9+/m1/s1. The summed E-state index contributed by atoms with van der Waals surface area (Å²) in [4.78, 5) is 11.2. The molecular weight excluding hydrogens is 234 g/mol. The largest absolute Gasteiger partial charge is 0.395 e. The van der Waals surface area contributed by atoms with Crippen LogP contribution in [-0.4, -0.2) is 61.9 Å². The van der Waals surface area contributed by atoms with Crippen LogP contribution in [0.5, 0.6) is 0 Å². The lowest BCUT2D eigenvalue weighted by atomic mass is 10.0. The number of hydrogen-bond donors (Lipinski definition) is 5. The predicted octanol–water partition coefficient (Wildman–Crippen LogP) is -1.97. The lowest BCUT2D eigenvalue weighted by Gasteiger charge is -2.39. The molecular formula is C9H17NO5S. The van der Waals surface area contributed by atoms with Gasteiger partial charge in [0, 0.05) is 6.42 Å². The molecule has 0 aromatic carbocycles. The van der Waals surface area contributed by atoms with E-state index in [-0.39, 0.29) is 18.9 Å². The SMILES string of the molecule is CCC(=O)NC1[C@@H](O)[C@H](O)C(CO)S[C@@H]1O. The van der Waals surface area contributed by atoms with Gasteiger partial charge in [-0.1, -0.05) is 6.92 Å². The van der Waals surface area contributed by atoms with Gasteiger partial charge in [0.2, 0.25) is 5.91 Å². The summed E-state index contributed by atoms with van der Waals surface area (Å²) in [7, 11) is 0. The quantitative estimate of drug-likeness (QED) is 0.398. The van der Waals surface area contributed by atoms with Gasteiger partial charge in [-0.25, -0.2) is 0 Å². The fourth-order valence-electron chi connectivity index (χ4n) is 1.54. The highest BCUT2D eigenvalue weighted by Gasteiger charge is 2.43. The van der Waals surface area contributed by atoms with E-state index in [1.54, 1.807) is 6.92 Å². The fraction of sp³-hybridized carbons (Fsp3) is 0.889. The minimum absolute atomic E-state index is 0.236. The van der Waals surface area contributed by atoms with Gasteiger partial charge < -0.3 is 25.7 Å². The van der Waals surface area contributed by atoms with E-state index in [0.717, 1.165) is 11.8 Å². The maximum absolute atomic E-state index is 11.2. The van der Waals surface area contributed by atoms with Crippen molar-refractivity contribution in [1.29, 1.82) is 0 Å². The van der Waals surface area contributed by atoms with Crippen LogP contribution in [0.3, 0.4) is 0 Å². The molecule has 16 heavy (non-hydrogen) atoms. The Labute approximate surface area is 97.7 Å². The van der Waals surface area contributed by atoms with Gasteiger partial charge in [-0.05, 0) is 0 Å². The number of rotatable bonds is 3. The van der Waals surface area contributed by atoms with E-state index in [1.165, 1.54) is 0 Å². The van der Waals surface area contributed by atoms with Crippen molar-refractivity contribution in [3.8, 4) is 0 Å². The van der Waals surface area contributed by atoms with Gasteiger partial charge >= 0.3 is 0 Å². The van der Waals surface area contributed by atoms with Crippen LogP contribution in [-0.2, 0) is 4.79 Å². The van der Waals surface area contributed by atoms with Gasteiger partial charge in [-0.15, -0.1) is 11.8 Å². The Morgan fingerprint density at radius 3 is 2.44 bits per heavy atom. The summed E-state index contributed by atoms with van der Waals surface area (Å²) in [6.07, 6.45) is -2.20. The molecule has 1 fully saturated rings. The molecule has 0 aromatic rings. The van der Waals surface area contributed by atoms with E-state index in [2.05, 4.69) is 5.32 Å².